The Morgan fingerprint density at radius 1 is 1.32 bits per heavy atom. The molecule has 14 heteroatoms. The van der Waals surface area contributed by atoms with Gasteiger partial charge in [-0.05, 0) is 48.4 Å². The van der Waals surface area contributed by atoms with Crippen LogP contribution in [0.1, 0.15) is 18.4 Å². The highest BCUT2D eigenvalue weighted by Crippen LogP contribution is 2.48. The zero-order valence-corrected chi connectivity index (χ0v) is 20.4. The van der Waals surface area contributed by atoms with Crippen LogP contribution in [0, 0.1) is 5.92 Å². The van der Waals surface area contributed by atoms with Crippen LogP contribution in [0.2, 0.25) is 0 Å². The van der Waals surface area contributed by atoms with Crippen molar-refractivity contribution >= 4 is 52.1 Å². The first kappa shape index (κ1) is 23.1. The summed E-state index contributed by atoms with van der Waals surface area (Å²) in [6.45, 7) is 0.377. The smallest absolute Gasteiger partial charge is 0.346 e. The normalized spacial score (nSPS) is 20.3. The Kier molecular flexibility index (Phi) is 5.58. The second-order valence-electron chi connectivity index (χ2n) is 8.30. The molecule has 34 heavy (non-hydrogen) atoms. The first-order chi connectivity index (χ1) is 16.0. The van der Waals surface area contributed by atoms with Crippen molar-refractivity contribution in [1.29, 1.82) is 0 Å². The number of nitrogens with zero attached hydrogens (tertiary/aromatic N) is 3. The van der Waals surface area contributed by atoms with Gasteiger partial charge in [0.2, 0.25) is 0 Å². The van der Waals surface area contributed by atoms with Crippen LogP contribution in [0.15, 0.2) is 44.6 Å². The monoisotopic (exact) mass is 523 g/mol. The van der Waals surface area contributed by atoms with Crippen LogP contribution in [0.3, 0.4) is 0 Å². The molecule has 11 nitrogen and oxygen atoms in total. The quantitative estimate of drug-likeness (QED) is 0.265. The third-order valence-electron chi connectivity index (χ3n) is 5.40. The fourth-order valence-corrected chi connectivity index (χ4v) is 6.15. The largest absolute Gasteiger partial charge is 0.505 e. The number of nitrogens with one attached hydrogen (secondary N) is 2. The predicted molar refractivity (Wildman–Crippen MR) is 135 cm³/mol. The molecule has 6 N–H and O–H groups in total. The van der Waals surface area contributed by atoms with Crippen molar-refractivity contribution in [3.8, 4) is 17.0 Å². The summed E-state index contributed by atoms with van der Waals surface area (Å²) in [5, 5.41) is 21.8. The molecule has 5 rings (SSSR count). The van der Waals surface area contributed by atoms with Crippen LogP contribution in [-0.2, 0) is 11.1 Å². The van der Waals surface area contributed by atoms with Gasteiger partial charge in [0.15, 0.2) is 11.6 Å². The topological polar surface area (TPSA) is 169 Å². The SMILES string of the molecule is CS(O)(O)Nc1ccc2c(c1)P(=O)(O)N=C(c1c(O)c(-c3ccsc3)nn(CC3CC3)c1=O)N2. The van der Waals surface area contributed by atoms with Crippen LogP contribution in [0.4, 0.5) is 11.4 Å². The number of hydrogen-bond acceptors (Lipinski definition) is 9. The van der Waals surface area contributed by atoms with E-state index in [4.69, 9.17) is 0 Å². The van der Waals surface area contributed by atoms with E-state index in [2.05, 4.69) is 19.9 Å². The molecule has 1 aromatic carbocycles. The van der Waals surface area contributed by atoms with Crippen LogP contribution in [0.5, 0.6) is 5.75 Å². The highest BCUT2D eigenvalue weighted by atomic mass is 32.3. The molecular formula is C20H22N5O6PS2. The van der Waals surface area contributed by atoms with E-state index in [1.165, 1.54) is 40.5 Å². The summed E-state index contributed by atoms with van der Waals surface area (Å²) in [5.41, 5.74) is 0.376. The standard InChI is InChI=1S/C20H22N5O6PS2/c1-34(30,31)24-13-4-5-14-15(8-13)32(28,29)23-19(21-14)16-18(26)17(12-6-7-33-10-12)22-25(20(16)27)9-11-2-3-11/h4-8,10-11,24,26,30-31H,2-3,9H2,1H3,(H2,21,23,28,29). The first-order valence-corrected chi connectivity index (χ1v) is 14.8. The lowest BCUT2D eigenvalue weighted by molar-refractivity contribution is 0.456. The van der Waals surface area contributed by atoms with E-state index in [-0.39, 0.29) is 33.8 Å². The minimum atomic E-state index is -4.38. The Labute approximate surface area is 199 Å². The number of benzene rings is 1. The first-order valence-electron chi connectivity index (χ1n) is 10.2. The van der Waals surface area contributed by atoms with Crippen molar-refractivity contribution in [1.82, 2.24) is 9.78 Å². The second kappa shape index (κ2) is 8.22. The zero-order chi connectivity index (χ0) is 24.3. The molecular weight excluding hydrogens is 501 g/mol. The average Bonchev–Trinajstić information content (AvgIpc) is 3.39. The maximum Gasteiger partial charge on any atom is 0.346 e. The van der Waals surface area contributed by atoms with E-state index in [0.29, 0.717) is 18.0 Å². The molecule has 2 aromatic heterocycles. The van der Waals surface area contributed by atoms with Gasteiger partial charge in [0, 0.05) is 23.7 Å². The molecule has 0 saturated heterocycles. The van der Waals surface area contributed by atoms with Crippen molar-refractivity contribution in [3.05, 3.63) is 50.9 Å². The van der Waals surface area contributed by atoms with Gasteiger partial charge in [0.25, 0.3) is 5.56 Å². The second-order valence-corrected chi connectivity index (χ2v) is 12.7. The summed E-state index contributed by atoms with van der Waals surface area (Å²) < 4.78 is 40.1. The molecule has 0 spiro atoms. The van der Waals surface area contributed by atoms with Gasteiger partial charge in [-0.3, -0.25) is 23.2 Å². The summed E-state index contributed by atoms with van der Waals surface area (Å²) in [7, 11) is -7.48. The Hall–Kier alpha value is -2.67. The zero-order valence-electron chi connectivity index (χ0n) is 17.9. The van der Waals surface area contributed by atoms with Crippen LogP contribution >= 0.6 is 29.6 Å². The Morgan fingerprint density at radius 3 is 2.74 bits per heavy atom. The number of anilines is 2. The minimum Gasteiger partial charge on any atom is -0.505 e. The highest BCUT2D eigenvalue weighted by Gasteiger charge is 2.34. The van der Waals surface area contributed by atoms with E-state index in [1.807, 2.05) is 5.38 Å². The predicted octanol–water partition coefficient (Wildman–Crippen LogP) is 3.48. The Bertz CT molecular complexity index is 1410. The summed E-state index contributed by atoms with van der Waals surface area (Å²) in [6, 6.07) is 6.00. The van der Waals surface area contributed by atoms with Gasteiger partial charge in [0.05, 0.1) is 16.7 Å². The van der Waals surface area contributed by atoms with Gasteiger partial charge >= 0.3 is 7.52 Å². The van der Waals surface area contributed by atoms with Gasteiger partial charge in [0.1, 0.15) is 11.3 Å². The third-order valence-corrected chi connectivity index (χ3v) is 8.18. The number of aromatic hydroxyl groups is 1. The van der Waals surface area contributed by atoms with Crippen LogP contribution in [0.25, 0.3) is 11.3 Å². The number of thiophene rings is 1. The van der Waals surface area contributed by atoms with Crippen molar-refractivity contribution < 1.29 is 23.7 Å². The van der Waals surface area contributed by atoms with Gasteiger partial charge in [-0.25, -0.2) is 4.68 Å². The van der Waals surface area contributed by atoms with E-state index in [1.54, 1.807) is 11.4 Å². The summed E-state index contributed by atoms with van der Waals surface area (Å²) >= 11 is 1.41. The van der Waals surface area contributed by atoms with Crippen molar-refractivity contribution in [2.75, 3.05) is 16.3 Å². The number of amidine groups is 1. The molecule has 0 amide bonds. The van der Waals surface area contributed by atoms with Crippen LogP contribution < -0.4 is 20.9 Å². The van der Waals surface area contributed by atoms with Crippen molar-refractivity contribution in [2.45, 2.75) is 19.4 Å². The number of fused-ring (bicyclic) bond motifs is 1. The third kappa shape index (κ3) is 4.50. The van der Waals surface area contributed by atoms with E-state index in [9.17, 15) is 28.5 Å². The van der Waals surface area contributed by atoms with Crippen molar-refractivity contribution in [2.24, 2.45) is 10.7 Å². The lowest BCUT2D eigenvalue weighted by atomic mass is 10.1. The molecule has 1 aliphatic carbocycles. The number of aromatic nitrogens is 2. The summed E-state index contributed by atoms with van der Waals surface area (Å²) in [5.74, 6) is -0.339. The Morgan fingerprint density at radius 2 is 2.09 bits per heavy atom. The van der Waals surface area contributed by atoms with Crippen molar-refractivity contribution in [3.63, 3.8) is 0 Å². The summed E-state index contributed by atoms with van der Waals surface area (Å²) in [6.07, 6.45) is 3.15. The maximum absolute atomic E-state index is 13.3. The molecule has 0 bridgehead atoms. The highest BCUT2D eigenvalue weighted by molar-refractivity contribution is 8.24. The molecule has 3 heterocycles. The van der Waals surface area contributed by atoms with Crippen LogP contribution in [-0.4, -0.2) is 41.0 Å². The lowest BCUT2D eigenvalue weighted by Crippen LogP contribution is -2.35. The fraction of sp³-hybridized carbons (Fsp3) is 0.250. The molecule has 1 atom stereocenters. The lowest BCUT2D eigenvalue weighted by Gasteiger charge is -2.30. The number of hydrogen-bond donors (Lipinski definition) is 6. The average molecular weight is 524 g/mol. The van der Waals surface area contributed by atoms with Gasteiger partial charge < -0.3 is 15.3 Å². The molecule has 1 unspecified atom stereocenters. The summed E-state index contributed by atoms with van der Waals surface area (Å²) in [4.78, 5) is 24.0. The van der Waals surface area contributed by atoms with E-state index in [0.717, 1.165) is 12.8 Å². The minimum absolute atomic E-state index is 0.0743. The molecule has 1 fully saturated rings. The number of rotatable bonds is 6. The molecule has 2 aliphatic rings. The van der Waals surface area contributed by atoms with Gasteiger partial charge in [-0.2, -0.15) is 21.2 Å². The molecule has 1 saturated carbocycles. The fourth-order valence-electron chi connectivity index (χ4n) is 3.66. The molecule has 180 valence electrons. The Balaban J connectivity index is 1.63. The van der Waals surface area contributed by atoms with Gasteiger partial charge in [-0.1, -0.05) is 0 Å². The maximum atomic E-state index is 13.3. The molecule has 3 aromatic rings. The van der Waals surface area contributed by atoms with Gasteiger partial charge in [-0.15, -0.1) is 10.8 Å². The van der Waals surface area contributed by atoms with E-state index < -0.39 is 29.6 Å². The molecule has 1 aliphatic heterocycles. The van der Waals surface area contributed by atoms with E-state index >= 15 is 0 Å². The molecule has 0 radical (unpaired) electrons.